The number of nitrogens with zero attached hydrogens (tertiary/aromatic N) is 1. The zero-order valence-corrected chi connectivity index (χ0v) is 13.9. The van der Waals surface area contributed by atoms with Crippen LogP contribution < -0.4 is 10.5 Å². The molecular formula is C14H19N3O2S2. The molecular weight excluding hydrogens is 306 g/mol. The van der Waals surface area contributed by atoms with Crippen molar-refractivity contribution in [1.82, 2.24) is 9.71 Å². The van der Waals surface area contributed by atoms with E-state index in [1.165, 1.54) is 11.3 Å². The maximum absolute atomic E-state index is 12.5. The third-order valence-corrected chi connectivity index (χ3v) is 5.77. The number of nitrogens with one attached hydrogen (secondary N) is 1. The Morgan fingerprint density at radius 2 is 2.00 bits per heavy atom. The van der Waals surface area contributed by atoms with E-state index in [0.717, 1.165) is 11.3 Å². The molecule has 0 saturated heterocycles. The summed E-state index contributed by atoms with van der Waals surface area (Å²) in [6.07, 6.45) is 0.572. The largest absolute Gasteiger partial charge is 0.398 e. The van der Waals surface area contributed by atoms with E-state index < -0.39 is 10.0 Å². The highest BCUT2D eigenvalue weighted by Gasteiger charge is 2.21. The van der Waals surface area contributed by atoms with Crippen LogP contribution in [0.5, 0.6) is 0 Å². The Kier molecular flexibility index (Phi) is 4.65. The summed E-state index contributed by atoms with van der Waals surface area (Å²) in [7, 11) is -3.57. The molecule has 0 aliphatic heterocycles. The lowest BCUT2D eigenvalue weighted by molar-refractivity contribution is 0.580. The van der Waals surface area contributed by atoms with E-state index in [-0.39, 0.29) is 4.90 Å². The van der Waals surface area contributed by atoms with Gasteiger partial charge >= 0.3 is 0 Å². The smallest absolute Gasteiger partial charge is 0.241 e. The average Bonchev–Trinajstić information content (AvgIpc) is 2.88. The molecule has 0 fully saturated rings. The van der Waals surface area contributed by atoms with E-state index >= 15 is 0 Å². The van der Waals surface area contributed by atoms with Gasteiger partial charge in [0.05, 0.1) is 16.1 Å². The van der Waals surface area contributed by atoms with Crippen molar-refractivity contribution in [2.24, 2.45) is 0 Å². The average molecular weight is 325 g/mol. The molecule has 0 bridgehead atoms. The van der Waals surface area contributed by atoms with Gasteiger partial charge in [-0.1, -0.05) is 6.07 Å². The minimum absolute atomic E-state index is 0.281. The van der Waals surface area contributed by atoms with Crippen LogP contribution in [0.15, 0.2) is 21.9 Å². The van der Waals surface area contributed by atoms with Crippen LogP contribution in [0.4, 0.5) is 5.69 Å². The van der Waals surface area contributed by atoms with Gasteiger partial charge < -0.3 is 5.73 Å². The first-order valence-electron chi connectivity index (χ1n) is 6.56. The van der Waals surface area contributed by atoms with E-state index in [1.54, 1.807) is 25.4 Å². The standard InChI is InChI=1S/C14H19N3O2S2/c1-9-6-10(2)14(11(3)13(9)15)21(18,19)17-5-4-12-7-20-8-16-12/h6-8,17H,4-5,15H2,1-3H3. The summed E-state index contributed by atoms with van der Waals surface area (Å²) in [5.41, 5.74) is 11.3. The maximum atomic E-state index is 12.5. The fourth-order valence-electron chi connectivity index (χ4n) is 2.34. The van der Waals surface area contributed by atoms with Crippen LogP contribution in [-0.4, -0.2) is 19.9 Å². The molecule has 0 atom stereocenters. The first-order chi connectivity index (χ1) is 9.83. The Bertz CT molecular complexity index is 738. The van der Waals surface area contributed by atoms with Crippen LogP contribution in [0, 0.1) is 20.8 Å². The highest BCUT2D eigenvalue weighted by atomic mass is 32.2. The molecule has 3 N–H and O–H groups in total. The normalized spacial score (nSPS) is 11.8. The molecule has 5 nitrogen and oxygen atoms in total. The number of hydrogen-bond donors (Lipinski definition) is 2. The van der Waals surface area contributed by atoms with E-state index in [0.29, 0.717) is 29.8 Å². The van der Waals surface area contributed by atoms with Gasteiger partial charge in [0.2, 0.25) is 10.0 Å². The third-order valence-electron chi connectivity index (χ3n) is 3.39. The molecule has 21 heavy (non-hydrogen) atoms. The molecule has 7 heteroatoms. The highest BCUT2D eigenvalue weighted by molar-refractivity contribution is 7.89. The molecule has 2 rings (SSSR count). The van der Waals surface area contributed by atoms with Gasteiger partial charge in [-0.05, 0) is 37.5 Å². The molecule has 2 aromatic rings. The Labute approximate surface area is 129 Å². The molecule has 0 aliphatic carbocycles. The van der Waals surface area contributed by atoms with Crippen molar-refractivity contribution in [3.05, 3.63) is 39.3 Å². The second-order valence-electron chi connectivity index (χ2n) is 5.01. The summed E-state index contributed by atoms with van der Waals surface area (Å²) in [5.74, 6) is 0. The van der Waals surface area contributed by atoms with E-state index in [1.807, 2.05) is 12.3 Å². The van der Waals surface area contributed by atoms with Gasteiger partial charge in [0.15, 0.2) is 0 Å². The number of thiazole rings is 1. The maximum Gasteiger partial charge on any atom is 0.241 e. The number of rotatable bonds is 5. The Balaban J connectivity index is 2.22. The zero-order chi connectivity index (χ0) is 15.6. The monoisotopic (exact) mass is 325 g/mol. The van der Waals surface area contributed by atoms with E-state index in [4.69, 9.17) is 5.73 Å². The first-order valence-corrected chi connectivity index (χ1v) is 8.98. The van der Waals surface area contributed by atoms with Gasteiger partial charge in [-0.25, -0.2) is 18.1 Å². The molecule has 0 unspecified atom stereocenters. The minimum atomic E-state index is -3.57. The summed E-state index contributed by atoms with van der Waals surface area (Å²) in [6, 6.07) is 1.80. The van der Waals surface area contributed by atoms with Crippen molar-refractivity contribution >= 4 is 27.0 Å². The van der Waals surface area contributed by atoms with Crippen LogP contribution in [0.1, 0.15) is 22.4 Å². The molecule has 0 spiro atoms. The molecule has 0 radical (unpaired) electrons. The summed E-state index contributed by atoms with van der Waals surface area (Å²) < 4.78 is 27.6. The number of benzene rings is 1. The number of anilines is 1. The molecule has 0 saturated carbocycles. The number of nitrogen functional groups attached to an aromatic ring is 1. The van der Waals surface area contributed by atoms with E-state index in [2.05, 4.69) is 9.71 Å². The van der Waals surface area contributed by atoms with Gasteiger partial charge in [0.1, 0.15) is 0 Å². The summed E-state index contributed by atoms with van der Waals surface area (Å²) >= 11 is 1.50. The third kappa shape index (κ3) is 3.42. The number of aromatic nitrogens is 1. The number of hydrogen-bond acceptors (Lipinski definition) is 5. The summed E-state index contributed by atoms with van der Waals surface area (Å²) in [4.78, 5) is 4.41. The van der Waals surface area contributed by atoms with Crippen molar-refractivity contribution in [3.8, 4) is 0 Å². The van der Waals surface area contributed by atoms with E-state index in [9.17, 15) is 8.42 Å². The molecule has 1 aromatic heterocycles. The van der Waals surface area contributed by atoms with Crippen LogP contribution in [-0.2, 0) is 16.4 Å². The SMILES string of the molecule is Cc1cc(C)c(S(=O)(=O)NCCc2cscn2)c(C)c1N. The predicted molar refractivity (Wildman–Crippen MR) is 86.1 cm³/mol. The van der Waals surface area contributed by atoms with Gasteiger partial charge in [-0.2, -0.15) is 0 Å². The fourth-order valence-corrected chi connectivity index (χ4v) is 4.45. The molecule has 0 aliphatic rings. The topological polar surface area (TPSA) is 85.1 Å². The highest BCUT2D eigenvalue weighted by Crippen LogP contribution is 2.27. The van der Waals surface area contributed by atoms with Crippen LogP contribution >= 0.6 is 11.3 Å². The predicted octanol–water partition coefficient (Wildman–Crippen LogP) is 2.17. The van der Waals surface area contributed by atoms with Gasteiger partial charge in [-0.3, -0.25) is 0 Å². The molecule has 1 aromatic carbocycles. The second kappa shape index (κ2) is 6.13. The van der Waals surface area contributed by atoms with Crippen molar-refractivity contribution in [2.45, 2.75) is 32.1 Å². The number of nitrogens with two attached hydrogens (primary N) is 1. The van der Waals surface area contributed by atoms with Crippen LogP contribution in [0.2, 0.25) is 0 Å². The Hall–Kier alpha value is -1.44. The van der Waals surface area contributed by atoms with Crippen LogP contribution in [0.3, 0.4) is 0 Å². The Morgan fingerprint density at radius 1 is 1.29 bits per heavy atom. The van der Waals surface area contributed by atoms with Crippen molar-refractivity contribution < 1.29 is 8.42 Å². The first kappa shape index (κ1) is 15.9. The number of sulfonamides is 1. The van der Waals surface area contributed by atoms with Crippen molar-refractivity contribution in [2.75, 3.05) is 12.3 Å². The van der Waals surface area contributed by atoms with Gasteiger partial charge in [0.25, 0.3) is 0 Å². The fraction of sp³-hybridized carbons (Fsp3) is 0.357. The summed E-state index contributed by atoms with van der Waals surface area (Å²) in [5, 5.41) is 1.91. The Morgan fingerprint density at radius 3 is 2.62 bits per heavy atom. The quantitative estimate of drug-likeness (QED) is 0.825. The minimum Gasteiger partial charge on any atom is -0.398 e. The number of aryl methyl sites for hydroxylation is 2. The lowest BCUT2D eigenvalue weighted by Crippen LogP contribution is -2.27. The van der Waals surface area contributed by atoms with Crippen LogP contribution in [0.25, 0.3) is 0 Å². The second-order valence-corrected chi connectivity index (χ2v) is 7.43. The van der Waals surface area contributed by atoms with Gasteiger partial charge in [-0.15, -0.1) is 11.3 Å². The zero-order valence-electron chi connectivity index (χ0n) is 12.3. The van der Waals surface area contributed by atoms with Gasteiger partial charge in [0, 0.05) is 24.0 Å². The lowest BCUT2D eigenvalue weighted by Gasteiger charge is -2.15. The van der Waals surface area contributed by atoms with Crippen molar-refractivity contribution in [1.29, 1.82) is 0 Å². The lowest BCUT2D eigenvalue weighted by atomic mass is 10.1. The molecule has 0 amide bonds. The van der Waals surface area contributed by atoms with Crippen molar-refractivity contribution in [3.63, 3.8) is 0 Å². The molecule has 1 heterocycles. The summed E-state index contributed by atoms with van der Waals surface area (Å²) in [6.45, 7) is 5.72. The molecule has 114 valence electrons.